The number of carbonyl (C=O) groups excluding carboxylic acids is 1. The Morgan fingerprint density at radius 2 is 2.04 bits per heavy atom. The van der Waals surface area contributed by atoms with Crippen LogP contribution in [0.25, 0.3) is 0 Å². The van der Waals surface area contributed by atoms with Crippen molar-refractivity contribution in [2.24, 2.45) is 4.99 Å². The molecule has 0 bridgehead atoms. The maximum atomic E-state index is 11.8. The molecule has 0 aromatic heterocycles. The summed E-state index contributed by atoms with van der Waals surface area (Å²) < 4.78 is 0. The van der Waals surface area contributed by atoms with Crippen LogP contribution in [0.1, 0.15) is 32.6 Å². The van der Waals surface area contributed by atoms with Crippen LogP contribution in [-0.2, 0) is 4.79 Å². The number of anilines is 1. The lowest BCUT2D eigenvalue weighted by Gasteiger charge is -2.20. The fourth-order valence-electron chi connectivity index (χ4n) is 3.21. The molecule has 27 heavy (non-hydrogen) atoms. The highest BCUT2D eigenvalue weighted by Gasteiger charge is 2.25. The van der Waals surface area contributed by atoms with Crippen molar-refractivity contribution in [2.75, 3.05) is 45.2 Å². The quantitative estimate of drug-likeness (QED) is 0.256. The number of rotatable bonds is 8. The second-order valence-corrected chi connectivity index (χ2v) is 6.79. The van der Waals surface area contributed by atoms with Crippen molar-refractivity contribution in [1.29, 1.82) is 0 Å². The van der Waals surface area contributed by atoms with Crippen LogP contribution in [0.4, 0.5) is 5.69 Å². The molecule has 1 amide bonds. The summed E-state index contributed by atoms with van der Waals surface area (Å²) in [4.78, 5) is 20.3. The molecule has 0 aliphatic carbocycles. The highest BCUT2D eigenvalue weighted by molar-refractivity contribution is 14.0. The van der Waals surface area contributed by atoms with Crippen molar-refractivity contribution >= 4 is 41.5 Å². The van der Waals surface area contributed by atoms with Crippen LogP contribution >= 0.6 is 24.0 Å². The number of nitrogens with one attached hydrogen (secondary N) is 2. The normalized spacial score (nSPS) is 16.6. The van der Waals surface area contributed by atoms with Gasteiger partial charge in [-0.15, -0.1) is 24.0 Å². The Morgan fingerprint density at radius 1 is 1.30 bits per heavy atom. The molecule has 0 radical (unpaired) electrons. The average Bonchev–Trinajstić information content (AvgIpc) is 3.15. The molecule has 1 atom stereocenters. The van der Waals surface area contributed by atoms with E-state index in [0.717, 1.165) is 51.4 Å². The number of guanidine groups is 1. The first-order valence-corrected chi connectivity index (χ1v) is 9.65. The molecule has 1 fully saturated rings. The van der Waals surface area contributed by atoms with Crippen LogP contribution in [0.3, 0.4) is 0 Å². The fraction of sp³-hybridized carbons (Fsp3) is 0.600. The highest BCUT2D eigenvalue weighted by atomic mass is 127. The molecule has 2 N–H and O–H groups in total. The van der Waals surface area contributed by atoms with Gasteiger partial charge in [-0.25, -0.2) is 0 Å². The first-order chi connectivity index (χ1) is 12.6. The number of unbranched alkanes of at least 4 members (excludes halogenated alkanes) is 1. The van der Waals surface area contributed by atoms with E-state index in [4.69, 9.17) is 0 Å². The molecule has 0 saturated carbocycles. The second-order valence-electron chi connectivity index (χ2n) is 6.79. The van der Waals surface area contributed by atoms with Gasteiger partial charge in [-0.2, -0.15) is 0 Å². The van der Waals surface area contributed by atoms with Crippen molar-refractivity contribution in [3.8, 4) is 0 Å². The van der Waals surface area contributed by atoms with Crippen molar-refractivity contribution in [2.45, 2.75) is 38.6 Å². The van der Waals surface area contributed by atoms with E-state index in [1.165, 1.54) is 5.69 Å². The summed E-state index contributed by atoms with van der Waals surface area (Å²) in [6.45, 7) is 5.46. The Morgan fingerprint density at radius 3 is 2.70 bits per heavy atom. The summed E-state index contributed by atoms with van der Waals surface area (Å²) in [5, 5.41) is 6.82. The SMILES string of the molecule is CCC(=O)N1CCC(NC(=NC)NCCCCN(C)c2ccccc2)C1.I. The number of amides is 1. The predicted molar refractivity (Wildman–Crippen MR) is 124 cm³/mol. The van der Waals surface area contributed by atoms with E-state index in [1.807, 2.05) is 17.9 Å². The van der Waals surface area contributed by atoms with Gasteiger partial charge < -0.3 is 20.4 Å². The number of para-hydroxylation sites is 1. The molecule has 1 aromatic carbocycles. The largest absolute Gasteiger partial charge is 0.375 e. The fourth-order valence-corrected chi connectivity index (χ4v) is 3.21. The third kappa shape index (κ3) is 7.94. The maximum absolute atomic E-state index is 11.8. The summed E-state index contributed by atoms with van der Waals surface area (Å²) in [6, 6.07) is 10.8. The van der Waals surface area contributed by atoms with Crippen LogP contribution in [0, 0.1) is 0 Å². The van der Waals surface area contributed by atoms with E-state index < -0.39 is 0 Å². The third-order valence-electron chi connectivity index (χ3n) is 4.82. The maximum Gasteiger partial charge on any atom is 0.222 e. The summed E-state index contributed by atoms with van der Waals surface area (Å²) in [5.74, 6) is 1.07. The lowest BCUT2D eigenvalue weighted by atomic mass is 10.2. The number of likely N-dealkylation sites (tertiary alicyclic amines) is 1. The van der Waals surface area contributed by atoms with Crippen LogP contribution in [-0.4, -0.2) is 63.1 Å². The van der Waals surface area contributed by atoms with Crippen LogP contribution in [0.2, 0.25) is 0 Å². The number of nitrogens with zero attached hydrogens (tertiary/aromatic N) is 3. The van der Waals surface area contributed by atoms with Crippen molar-refractivity contribution < 1.29 is 4.79 Å². The minimum Gasteiger partial charge on any atom is -0.375 e. The number of halogens is 1. The van der Waals surface area contributed by atoms with Gasteiger partial charge in [-0.05, 0) is 31.4 Å². The molecule has 6 nitrogen and oxygen atoms in total. The lowest BCUT2D eigenvalue weighted by Crippen LogP contribution is -2.45. The standard InChI is InChI=1S/C20H33N5O.HI/c1-4-19(26)25-15-12-17(16-25)23-20(21-2)22-13-8-9-14-24(3)18-10-6-5-7-11-18;/h5-7,10-11,17H,4,8-9,12-16H2,1-3H3,(H2,21,22,23);1H. The van der Waals surface area contributed by atoms with E-state index in [-0.39, 0.29) is 29.9 Å². The van der Waals surface area contributed by atoms with Crippen molar-refractivity contribution in [3.63, 3.8) is 0 Å². The van der Waals surface area contributed by atoms with E-state index in [2.05, 4.69) is 51.8 Å². The molecule has 1 aliphatic heterocycles. The minimum absolute atomic E-state index is 0. The van der Waals surface area contributed by atoms with Crippen molar-refractivity contribution in [1.82, 2.24) is 15.5 Å². The van der Waals surface area contributed by atoms with Gasteiger partial charge in [0.2, 0.25) is 5.91 Å². The molecule has 1 saturated heterocycles. The van der Waals surface area contributed by atoms with E-state index in [1.54, 1.807) is 7.05 Å². The summed E-state index contributed by atoms with van der Waals surface area (Å²) >= 11 is 0. The van der Waals surface area contributed by atoms with E-state index in [9.17, 15) is 4.79 Å². The predicted octanol–water partition coefficient (Wildman–Crippen LogP) is 2.70. The highest BCUT2D eigenvalue weighted by Crippen LogP contribution is 2.12. The van der Waals surface area contributed by atoms with Crippen LogP contribution in [0.15, 0.2) is 35.3 Å². The monoisotopic (exact) mass is 487 g/mol. The van der Waals surface area contributed by atoms with Gasteiger partial charge in [-0.1, -0.05) is 25.1 Å². The first kappa shape index (κ1) is 23.5. The average molecular weight is 487 g/mol. The zero-order valence-electron chi connectivity index (χ0n) is 16.8. The van der Waals surface area contributed by atoms with Gasteiger partial charge in [0.05, 0.1) is 0 Å². The Labute approximate surface area is 180 Å². The van der Waals surface area contributed by atoms with Crippen LogP contribution < -0.4 is 15.5 Å². The topological polar surface area (TPSA) is 60.0 Å². The number of aliphatic imine (C=N–C) groups is 1. The minimum atomic E-state index is 0. The first-order valence-electron chi connectivity index (χ1n) is 9.65. The number of hydrogen-bond acceptors (Lipinski definition) is 3. The molecular weight excluding hydrogens is 453 g/mol. The smallest absolute Gasteiger partial charge is 0.222 e. The third-order valence-corrected chi connectivity index (χ3v) is 4.82. The molecule has 2 rings (SSSR count). The van der Waals surface area contributed by atoms with Gasteiger partial charge in [0, 0.05) is 58.4 Å². The molecule has 7 heteroatoms. The van der Waals surface area contributed by atoms with Gasteiger partial charge in [0.25, 0.3) is 0 Å². The zero-order valence-corrected chi connectivity index (χ0v) is 19.1. The zero-order chi connectivity index (χ0) is 18.8. The molecule has 1 aliphatic rings. The second kappa shape index (κ2) is 12.8. The van der Waals surface area contributed by atoms with Gasteiger partial charge in [0.15, 0.2) is 5.96 Å². The van der Waals surface area contributed by atoms with Crippen molar-refractivity contribution in [3.05, 3.63) is 30.3 Å². The molecular formula is C20H34IN5O. The molecule has 152 valence electrons. The van der Waals surface area contributed by atoms with Gasteiger partial charge in [-0.3, -0.25) is 9.79 Å². The molecule has 0 spiro atoms. The van der Waals surface area contributed by atoms with Gasteiger partial charge in [0.1, 0.15) is 0 Å². The Bertz CT molecular complexity index is 581. The molecule has 1 aromatic rings. The lowest BCUT2D eigenvalue weighted by molar-refractivity contribution is -0.129. The van der Waals surface area contributed by atoms with E-state index in [0.29, 0.717) is 12.5 Å². The van der Waals surface area contributed by atoms with Gasteiger partial charge >= 0.3 is 0 Å². The number of benzene rings is 1. The Kier molecular flexibility index (Phi) is 11.2. The molecule has 1 unspecified atom stereocenters. The Hall–Kier alpha value is -1.51. The summed E-state index contributed by atoms with van der Waals surface area (Å²) in [7, 11) is 3.93. The Balaban J connectivity index is 0.00000364. The number of carbonyl (C=O) groups is 1. The van der Waals surface area contributed by atoms with E-state index >= 15 is 0 Å². The van der Waals surface area contributed by atoms with Crippen LogP contribution in [0.5, 0.6) is 0 Å². The summed E-state index contributed by atoms with van der Waals surface area (Å²) in [6.07, 6.45) is 3.77. The molecule has 1 heterocycles. The number of hydrogen-bond donors (Lipinski definition) is 2. The summed E-state index contributed by atoms with van der Waals surface area (Å²) in [5.41, 5.74) is 1.25.